The molecule has 2 aliphatic rings. The Morgan fingerprint density at radius 1 is 1.40 bits per heavy atom. The molecule has 1 aliphatic heterocycles. The molecule has 1 aromatic rings. The standard InChI is InChI=1S/C12H13BrN2/c13-11-3-10(5-14-7-11)8-1-2-9-6-15-12(9)4-8/h3-5,7,9,12,15H,1-2,6H2/t9-,12-/m1/s1. The van der Waals surface area contributed by atoms with Crippen LogP contribution >= 0.6 is 15.9 Å². The predicted molar refractivity (Wildman–Crippen MR) is 64.4 cm³/mol. The van der Waals surface area contributed by atoms with Crippen molar-refractivity contribution in [3.63, 3.8) is 0 Å². The fourth-order valence-corrected chi connectivity index (χ4v) is 2.73. The minimum absolute atomic E-state index is 0.618. The highest BCUT2D eigenvalue weighted by Gasteiger charge is 2.31. The zero-order valence-electron chi connectivity index (χ0n) is 8.41. The van der Waals surface area contributed by atoms with E-state index < -0.39 is 0 Å². The lowest BCUT2D eigenvalue weighted by atomic mass is 9.79. The van der Waals surface area contributed by atoms with Crippen molar-refractivity contribution in [2.24, 2.45) is 5.92 Å². The van der Waals surface area contributed by atoms with Crippen LogP contribution in [0.3, 0.4) is 0 Å². The van der Waals surface area contributed by atoms with Crippen LogP contribution < -0.4 is 5.32 Å². The summed E-state index contributed by atoms with van der Waals surface area (Å²) in [6.07, 6.45) is 8.67. The molecule has 0 aromatic carbocycles. The molecule has 2 nitrogen and oxygen atoms in total. The maximum atomic E-state index is 4.21. The average Bonchev–Trinajstić information content (AvgIpc) is 2.20. The van der Waals surface area contributed by atoms with Gasteiger partial charge in [-0.15, -0.1) is 0 Å². The Labute approximate surface area is 97.9 Å². The van der Waals surface area contributed by atoms with Gasteiger partial charge in [-0.2, -0.15) is 0 Å². The number of rotatable bonds is 1. The highest BCUT2D eigenvalue weighted by Crippen LogP contribution is 2.34. The normalized spacial score (nSPS) is 29.0. The van der Waals surface area contributed by atoms with Crippen molar-refractivity contribution in [1.29, 1.82) is 0 Å². The molecule has 0 bridgehead atoms. The van der Waals surface area contributed by atoms with Gasteiger partial charge in [0.15, 0.2) is 0 Å². The minimum Gasteiger partial charge on any atom is -0.310 e. The van der Waals surface area contributed by atoms with E-state index >= 15 is 0 Å². The second-order valence-corrected chi connectivity index (χ2v) is 5.23. The van der Waals surface area contributed by atoms with Crippen LogP contribution in [0.1, 0.15) is 18.4 Å². The van der Waals surface area contributed by atoms with E-state index in [0.29, 0.717) is 6.04 Å². The van der Waals surface area contributed by atoms with Crippen molar-refractivity contribution in [3.05, 3.63) is 34.6 Å². The molecule has 0 saturated carbocycles. The van der Waals surface area contributed by atoms with Gasteiger partial charge < -0.3 is 5.32 Å². The molecule has 1 aromatic heterocycles. The van der Waals surface area contributed by atoms with Gasteiger partial charge in [-0.25, -0.2) is 0 Å². The molecule has 2 atom stereocenters. The zero-order valence-corrected chi connectivity index (χ0v) is 10.00. The summed E-state index contributed by atoms with van der Waals surface area (Å²) in [6.45, 7) is 1.20. The molecule has 3 rings (SSSR count). The number of aromatic nitrogens is 1. The Balaban J connectivity index is 1.91. The van der Waals surface area contributed by atoms with Gasteiger partial charge in [-0.3, -0.25) is 4.98 Å². The third-order valence-corrected chi connectivity index (χ3v) is 3.80. The van der Waals surface area contributed by atoms with Gasteiger partial charge in [0.05, 0.1) is 0 Å². The average molecular weight is 265 g/mol. The van der Waals surface area contributed by atoms with Crippen LogP contribution in [0.15, 0.2) is 29.0 Å². The summed E-state index contributed by atoms with van der Waals surface area (Å²) >= 11 is 3.46. The van der Waals surface area contributed by atoms with Gasteiger partial charge in [0, 0.05) is 29.5 Å². The lowest BCUT2D eigenvalue weighted by Gasteiger charge is -2.40. The van der Waals surface area contributed by atoms with Crippen LogP contribution in [0.25, 0.3) is 5.57 Å². The number of halogens is 1. The molecule has 1 saturated heterocycles. The lowest BCUT2D eigenvalue weighted by molar-refractivity contribution is 0.256. The van der Waals surface area contributed by atoms with Gasteiger partial charge in [0.1, 0.15) is 0 Å². The first kappa shape index (κ1) is 9.55. The van der Waals surface area contributed by atoms with E-state index in [1.165, 1.54) is 30.5 Å². The zero-order chi connectivity index (χ0) is 10.3. The molecule has 0 radical (unpaired) electrons. The Morgan fingerprint density at radius 3 is 3.00 bits per heavy atom. The number of hydrogen-bond donors (Lipinski definition) is 1. The second-order valence-electron chi connectivity index (χ2n) is 4.32. The molecular formula is C12H13BrN2. The van der Waals surface area contributed by atoms with Crippen LogP contribution in [0, 0.1) is 5.92 Å². The lowest BCUT2D eigenvalue weighted by Crippen LogP contribution is -2.52. The van der Waals surface area contributed by atoms with Crippen molar-refractivity contribution in [1.82, 2.24) is 10.3 Å². The topological polar surface area (TPSA) is 24.9 Å². The van der Waals surface area contributed by atoms with Gasteiger partial charge in [-0.1, -0.05) is 6.08 Å². The van der Waals surface area contributed by atoms with E-state index in [4.69, 9.17) is 0 Å². The highest BCUT2D eigenvalue weighted by atomic mass is 79.9. The third-order valence-electron chi connectivity index (χ3n) is 3.36. The fourth-order valence-electron chi connectivity index (χ4n) is 2.37. The quantitative estimate of drug-likeness (QED) is 0.844. The molecular weight excluding hydrogens is 252 g/mol. The van der Waals surface area contributed by atoms with Gasteiger partial charge >= 0.3 is 0 Å². The molecule has 15 heavy (non-hydrogen) atoms. The van der Waals surface area contributed by atoms with Crippen LogP contribution in [0.5, 0.6) is 0 Å². The monoisotopic (exact) mass is 264 g/mol. The largest absolute Gasteiger partial charge is 0.310 e. The number of nitrogens with zero attached hydrogens (tertiary/aromatic N) is 1. The van der Waals surface area contributed by atoms with Crippen molar-refractivity contribution < 1.29 is 0 Å². The van der Waals surface area contributed by atoms with E-state index in [-0.39, 0.29) is 0 Å². The number of pyridine rings is 1. The van der Waals surface area contributed by atoms with Crippen molar-refractivity contribution >= 4 is 21.5 Å². The fraction of sp³-hybridized carbons (Fsp3) is 0.417. The molecule has 1 N–H and O–H groups in total. The summed E-state index contributed by atoms with van der Waals surface area (Å²) in [5.74, 6) is 0.883. The summed E-state index contributed by atoms with van der Waals surface area (Å²) in [7, 11) is 0. The van der Waals surface area contributed by atoms with E-state index in [2.05, 4.69) is 38.4 Å². The first-order valence-corrected chi connectivity index (χ1v) is 6.17. The van der Waals surface area contributed by atoms with E-state index in [1.807, 2.05) is 12.4 Å². The van der Waals surface area contributed by atoms with Crippen molar-refractivity contribution in [2.75, 3.05) is 6.54 Å². The van der Waals surface area contributed by atoms with E-state index in [0.717, 1.165) is 10.4 Å². The molecule has 1 aliphatic carbocycles. The predicted octanol–water partition coefficient (Wildman–Crippen LogP) is 2.61. The maximum absolute atomic E-state index is 4.21. The second kappa shape index (κ2) is 3.72. The molecule has 2 heterocycles. The summed E-state index contributed by atoms with van der Waals surface area (Å²) in [6, 6.07) is 2.77. The number of fused-ring (bicyclic) bond motifs is 1. The van der Waals surface area contributed by atoms with Crippen molar-refractivity contribution in [2.45, 2.75) is 18.9 Å². The Hall–Kier alpha value is -0.670. The third kappa shape index (κ3) is 1.74. The Morgan fingerprint density at radius 2 is 2.33 bits per heavy atom. The number of nitrogens with one attached hydrogen (secondary N) is 1. The highest BCUT2D eigenvalue weighted by molar-refractivity contribution is 9.10. The Kier molecular flexibility index (Phi) is 2.37. The van der Waals surface area contributed by atoms with Gasteiger partial charge in [0.2, 0.25) is 0 Å². The SMILES string of the molecule is Brc1cncc(C2=C[C@H]3NC[C@H]3CC2)c1. The van der Waals surface area contributed by atoms with Gasteiger partial charge in [-0.05, 0) is 51.9 Å². The van der Waals surface area contributed by atoms with E-state index in [1.54, 1.807) is 0 Å². The van der Waals surface area contributed by atoms with Crippen LogP contribution in [-0.4, -0.2) is 17.6 Å². The van der Waals surface area contributed by atoms with Crippen LogP contribution in [0.4, 0.5) is 0 Å². The van der Waals surface area contributed by atoms with Crippen molar-refractivity contribution in [3.8, 4) is 0 Å². The summed E-state index contributed by atoms with van der Waals surface area (Å²) in [5.41, 5.74) is 2.70. The molecule has 3 heteroatoms. The molecule has 0 spiro atoms. The first-order chi connectivity index (χ1) is 7.33. The molecule has 0 unspecified atom stereocenters. The molecule has 1 fully saturated rings. The van der Waals surface area contributed by atoms with Crippen LogP contribution in [-0.2, 0) is 0 Å². The number of allylic oxidation sites excluding steroid dienone is 1. The first-order valence-electron chi connectivity index (χ1n) is 5.38. The summed E-state index contributed by atoms with van der Waals surface area (Å²) in [5, 5.41) is 3.45. The molecule has 0 amide bonds. The van der Waals surface area contributed by atoms with Gasteiger partial charge in [0.25, 0.3) is 0 Å². The summed E-state index contributed by atoms with van der Waals surface area (Å²) in [4.78, 5) is 4.21. The molecule has 78 valence electrons. The maximum Gasteiger partial charge on any atom is 0.0410 e. The number of hydrogen-bond acceptors (Lipinski definition) is 2. The van der Waals surface area contributed by atoms with Crippen LogP contribution in [0.2, 0.25) is 0 Å². The summed E-state index contributed by atoms with van der Waals surface area (Å²) < 4.78 is 1.06. The smallest absolute Gasteiger partial charge is 0.0410 e. The minimum atomic E-state index is 0.618. The van der Waals surface area contributed by atoms with E-state index in [9.17, 15) is 0 Å². The Bertz CT molecular complexity index is 414.